The number of carbonyl (C=O) groups is 2. The molecule has 4 N–H and O–H groups in total. The predicted octanol–water partition coefficient (Wildman–Crippen LogP) is 2.73. The summed E-state index contributed by atoms with van der Waals surface area (Å²) in [6, 6.07) is 3.83. The van der Waals surface area contributed by atoms with Crippen LogP contribution < -0.4 is 15.8 Å². The fourth-order valence-corrected chi connectivity index (χ4v) is 2.21. The summed E-state index contributed by atoms with van der Waals surface area (Å²) < 4.78 is 10.4. The van der Waals surface area contributed by atoms with Crippen LogP contribution in [0.5, 0.6) is 5.75 Å². The highest BCUT2D eigenvalue weighted by Gasteiger charge is 2.36. The lowest BCUT2D eigenvalue weighted by Crippen LogP contribution is -2.47. The van der Waals surface area contributed by atoms with Crippen molar-refractivity contribution in [1.82, 2.24) is 0 Å². The summed E-state index contributed by atoms with van der Waals surface area (Å²) in [7, 11) is 1.50. The lowest BCUT2D eigenvalue weighted by Gasteiger charge is -2.31. The molecule has 134 valence electrons. The molecule has 0 bridgehead atoms. The molecule has 1 rings (SSSR count). The molecule has 0 aromatic heterocycles. The van der Waals surface area contributed by atoms with Gasteiger partial charge in [-0.2, -0.15) is 0 Å². The van der Waals surface area contributed by atoms with Gasteiger partial charge in [0.15, 0.2) is 0 Å². The highest BCUT2D eigenvalue weighted by atomic mass is 16.6. The van der Waals surface area contributed by atoms with E-state index in [1.54, 1.807) is 52.8 Å². The minimum atomic E-state index is -1.15. The molecule has 24 heavy (non-hydrogen) atoms. The van der Waals surface area contributed by atoms with Gasteiger partial charge in [0.2, 0.25) is 0 Å². The fourth-order valence-electron chi connectivity index (χ4n) is 2.21. The molecule has 0 fully saturated rings. The molecule has 1 amide bonds. The van der Waals surface area contributed by atoms with Gasteiger partial charge in [-0.3, -0.25) is 10.1 Å². The van der Waals surface area contributed by atoms with Crippen molar-refractivity contribution in [1.29, 1.82) is 0 Å². The average Bonchev–Trinajstić information content (AvgIpc) is 2.43. The maximum Gasteiger partial charge on any atom is 0.412 e. The van der Waals surface area contributed by atoms with Gasteiger partial charge in [-0.05, 0) is 32.4 Å². The quantitative estimate of drug-likeness (QED) is 0.761. The predicted molar refractivity (Wildman–Crippen MR) is 91.5 cm³/mol. The maximum absolute atomic E-state index is 12.1. The molecular weight excluding hydrogens is 312 g/mol. The van der Waals surface area contributed by atoms with Gasteiger partial charge in [0.1, 0.15) is 17.4 Å². The molecule has 0 heterocycles. The van der Waals surface area contributed by atoms with Crippen LogP contribution in [-0.2, 0) is 14.9 Å². The molecule has 1 atom stereocenters. The topological polar surface area (TPSA) is 111 Å². The van der Waals surface area contributed by atoms with Crippen LogP contribution in [0.4, 0.5) is 10.5 Å². The van der Waals surface area contributed by atoms with Crippen LogP contribution >= 0.6 is 0 Å². The fraction of sp³-hybridized carbons (Fsp3) is 0.529. The third-order valence-corrected chi connectivity index (χ3v) is 3.60. The monoisotopic (exact) mass is 338 g/mol. The van der Waals surface area contributed by atoms with Gasteiger partial charge in [-0.15, -0.1) is 0 Å². The molecule has 0 aliphatic rings. The summed E-state index contributed by atoms with van der Waals surface area (Å²) >= 11 is 0. The van der Waals surface area contributed by atoms with E-state index < -0.39 is 29.1 Å². The Hall–Kier alpha value is -2.28. The second-order valence-corrected chi connectivity index (χ2v) is 7.08. The zero-order valence-corrected chi connectivity index (χ0v) is 15.0. The Kier molecular flexibility index (Phi) is 5.84. The van der Waals surface area contributed by atoms with E-state index >= 15 is 0 Å². The summed E-state index contributed by atoms with van der Waals surface area (Å²) in [5.41, 5.74) is 5.21. The largest absolute Gasteiger partial charge is 0.497 e. The Morgan fingerprint density at radius 2 is 1.79 bits per heavy atom. The Balaban J connectivity index is 3.27. The number of methoxy groups -OCH3 is 1. The number of amides is 1. The number of carboxylic acids is 1. The van der Waals surface area contributed by atoms with E-state index in [-0.39, 0.29) is 0 Å². The number of nitrogens with one attached hydrogen (secondary N) is 1. The van der Waals surface area contributed by atoms with Crippen LogP contribution in [0.15, 0.2) is 18.2 Å². The van der Waals surface area contributed by atoms with Crippen LogP contribution in [-0.4, -0.2) is 35.9 Å². The Morgan fingerprint density at radius 3 is 2.25 bits per heavy atom. The number of benzene rings is 1. The van der Waals surface area contributed by atoms with Crippen molar-refractivity contribution >= 4 is 17.7 Å². The molecule has 0 spiro atoms. The molecule has 0 aliphatic carbocycles. The molecule has 0 radical (unpaired) electrons. The van der Waals surface area contributed by atoms with E-state index in [2.05, 4.69) is 5.32 Å². The van der Waals surface area contributed by atoms with Gasteiger partial charge in [0.05, 0.1) is 12.8 Å². The van der Waals surface area contributed by atoms with Gasteiger partial charge in [0.25, 0.3) is 0 Å². The van der Waals surface area contributed by atoms with E-state index in [0.29, 0.717) is 17.0 Å². The highest BCUT2D eigenvalue weighted by molar-refractivity contribution is 5.87. The molecule has 1 aromatic carbocycles. The summed E-state index contributed by atoms with van der Waals surface area (Å²) in [6.07, 6.45) is -0.642. The summed E-state index contributed by atoms with van der Waals surface area (Å²) in [4.78, 5) is 23.4. The first-order chi connectivity index (χ1) is 10.9. The Bertz CT molecular complexity index is 620. The zero-order chi connectivity index (χ0) is 18.7. The Morgan fingerprint density at radius 1 is 1.21 bits per heavy atom. The van der Waals surface area contributed by atoms with Gasteiger partial charge in [-0.1, -0.05) is 19.9 Å². The number of hydrogen-bond acceptors (Lipinski definition) is 5. The van der Waals surface area contributed by atoms with Gasteiger partial charge in [-0.25, -0.2) is 4.79 Å². The average molecular weight is 338 g/mol. The number of carboxylic acid groups (broad SMARTS) is 1. The van der Waals surface area contributed by atoms with Crippen LogP contribution in [0.2, 0.25) is 0 Å². The number of carbonyl (C=O) groups excluding carboxylic acids is 1. The van der Waals surface area contributed by atoms with Crippen LogP contribution in [0.25, 0.3) is 0 Å². The number of rotatable bonds is 5. The van der Waals surface area contributed by atoms with E-state index in [1.807, 2.05) is 0 Å². The number of anilines is 1. The first-order valence-corrected chi connectivity index (χ1v) is 7.55. The smallest absolute Gasteiger partial charge is 0.412 e. The van der Waals surface area contributed by atoms with E-state index in [1.165, 1.54) is 7.11 Å². The maximum atomic E-state index is 12.1. The minimum Gasteiger partial charge on any atom is -0.497 e. The van der Waals surface area contributed by atoms with Gasteiger partial charge in [0, 0.05) is 11.5 Å². The third kappa shape index (κ3) is 4.86. The number of ether oxygens (including phenoxy) is 2. The number of nitrogens with two attached hydrogens (primary N) is 1. The SMILES string of the molecule is COc1ccc(C(C)(C)C(N)C(=O)O)c(NC(=O)OC(C)(C)C)c1. The standard InChI is InChI=1S/C17H26N2O5/c1-16(2,3)24-15(22)19-12-9-10(23-6)7-8-11(12)17(4,5)13(18)14(20)21/h7-9,13H,18H2,1-6H3,(H,19,22)(H,20,21). The summed E-state index contributed by atoms with van der Waals surface area (Å²) in [6.45, 7) is 8.66. The van der Waals surface area contributed by atoms with Crippen molar-refractivity contribution in [2.45, 2.75) is 51.7 Å². The zero-order valence-electron chi connectivity index (χ0n) is 15.0. The summed E-state index contributed by atoms with van der Waals surface area (Å²) in [5, 5.41) is 11.9. The first kappa shape index (κ1) is 19.8. The van der Waals surface area contributed by atoms with Crippen molar-refractivity contribution in [3.63, 3.8) is 0 Å². The van der Waals surface area contributed by atoms with Crippen molar-refractivity contribution in [3.8, 4) is 5.75 Å². The highest BCUT2D eigenvalue weighted by Crippen LogP contribution is 2.35. The van der Waals surface area contributed by atoms with E-state index in [9.17, 15) is 14.7 Å². The summed E-state index contributed by atoms with van der Waals surface area (Å²) in [5.74, 6) is -0.608. The first-order valence-electron chi connectivity index (χ1n) is 7.55. The second-order valence-electron chi connectivity index (χ2n) is 7.08. The molecular formula is C17H26N2O5. The van der Waals surface area contributed by atoms with Crippen LogP contribution in [0, 0.1) is 0 Å². The van der Waals surface area contributed by atoms with Crippen molar-refractivity contribution in [2.24, 2.45) is 5.73 Å². The minimum absolute atomic E-state index is 0.394. The molecule has 0 saturated heterocycles. The van der Waals surface area contributed by atoms with Crippen molar-refractivity contribution < 1.29 is 24.2 Å². The normalized spacial score (nSPS) is 13.1. The number of hydrogen-bond donors (Lipinski definition) is 3. The van der Waals surface area contributed by atoms with Gasteiger partial charge >= 0.3 is 12.1 Å². The Labute approximate surface area is 142 Å². The molecule has 7 nitrogen and oxygen atoms in total. The van der Waals surface area contributed by atoms with Crippen LogP contribution in [0.3, 0.4) is 0 Å². The molecule has 0 aliphatic heterocycles. The second kappa shape index (κ2) is 7.09. The lowest BCUT2D eigenvalue weighted by molar-refractivity contribution is -0.140. The third-order valence-electron chi connectivity index (χ3n) is 3.60. The molecule has 7 heteroatoms. The number of aliphatic carboxylic acids is 1. The van der Waals surface area contributed by atoms with Crippen LogP contribution in [0.1, 0.15) is 40.2 Å². The molecule has 1 unspecified atom stereocenters. The molecule has 0 saturated carbocycles. The van der Waals surface area contributed by atoms with E-state index in [0.717, 1.165) is 0 Å². The molecule has 1 aromatic rings. The van der Waals surface area contributed by atoms with Crippen molar-refractivity contribution in [3.05, 3.63) is 23.8 Å². The van der Waals surface area contributed by atoms with Crippen molar-refractivity contribution in [2.75, 3.05) is 12.4 Å². The lowest BCUT2D eigenvalue weighted by atomic mass is 9.77. The van der Waals surface area contributed by atoms with E-state index in [4.69, 9.17) is 15.2 Å². The van der Waals surface area contributed by atoms with Gasteiger partial charge < -0.3 is 20.3 Å².